The zero-order chi connectivity index (χ0) is 24.3. The van der Waals surface area contributed by atoms with Gasteiger partial charge in [0.15, 0.2) is 0 Å². The average molecular weight is 471 g/mol. The fourth-order valence-electron chi connectivity index (χ4n) is 4.51. The summed E-state index contributed by atoms with van der Waals surface area (Å²) in [5.41, 5.74) is 3.52. The Morgan fingerprint density at radius 2 is 1.66 bits per heavy atom. The Kier molecular flexibility index (Phi) is 9.04. The van der Waals surface area contributed by atoms with Crippen LogP contribution in [0.1, 0.15) is 29.2 Å². The maximum absolute atomic E-state index is 12.1. The van der Waals surface area contributed by atoms with Crippen molar-refractivity contribution in [3.8, 4) is 5.75 Å². The number of piperazine rings is 1. The minimum atomic E-state index is -0.0915. The van der Waals surface area contributed by atoms with Crippen molar-refractivity contribution in [2.24, 2.45) is 0 Å². The highest BCUT2D eigenvalue weighted by atomic mass is 16.5. The molecule has 1 saturated heterocycles. The van der Waals surface area contributed by atoms with E-state index in [1.807, 2.05) is 6.07 Å². The number of pyridine rings is 1. The highest BCUT2D eigenvalue weighted by Crippen LogP contribution is 2.29. The van der Waals surface area contributed by atoms with E-state index in [1.165, 1.54) is 11.1 Å². The van der Waals surface area contributed by atoms with E-state index < -0.39 is 0 Å². The Balaban J connectivity index is 1.21. The molecule has 0 saturated carbocycles. The van der Waals surface area contributed by atoms with Gasteiger partial charge >= 0.3 is 0 Å². The minimum Gasteiger partial charge on any atom is -0.495 e. The van der Waals surface area contributed by atoms with E-state index in [-0.39, 0.29) is 11.9 Å². The van der Waals surface area contributed by atoms with Gasteiger partial charge < -0.3 is 15.0 Å². The number of carbonyl (C=O) groups excluding carboxylic acids is 1. The predicted molar refractivity (Wildman–Crippen MR) is 140 cm³/mol. The molecule has 0 spiro atoms. The molecule has 35 heavy (non-hydrogen) atoms. The maximum atomic E-state index is 12.1. The van der Waals surface area contributed by atoms with Crippen LogP contribution in [0.15, 0.2) is 85.2 Å². The molecule has 182 valence electrons. The van der Waals surface area contributed by atoms with E-state index >= 15 is 0 Å². The van der Waals surface area contributed by atoms with E-state index in [9.17, 15) is 4.79 Å². The third-order valence-electron chi connectivity index (χ3n) is 6.35. The fourth-order valence-corrected chi connectivity index (χ4v) is 4.51. The van der Waals surface area contributed by atoms with Crippen molar-refractivity contribution in [2.45, 2.75) is 12.5 Å². The molecule has 6 heteroatoms. The summed E-state index contributed by atoms with van der Waals surface area (Å²) >= 11 is 0. The first-order valence-corrected chi connectivity index (χ1v) is 12.2. The molecular weight excluding hydrogens is 436 g/mol. The van der Waals surface area contributed by atoms with E-state index in [2.05, 4.69) is 80.8 Å². The van der Waals surface area contributed by atoms with Gasteiger partial charge in [0, 0.05) is 45.0 Å². The topological polar surface area (TPSA) is 57.7 Å². The van der Waals surface area contributed by atoms with Crippen LogP contribution in [0.25, 0.3) is 6.08 Å². The third kappa shape index (κ3) is 7.25. The number of ether oxygens (including phenoxy) is 1. The lowest BCUT2D eigenvalue weighted by atomic mass is 9.96. The first-order chi connectivity index (χ1) is 17.2. The molecular formula is C29H34N4O2. The van der Waals surface area contributed by atoms with Gasteiger partial charge in [-0.1, -0.05) is 60.7 Å². The van der Waals surface area contributed by atoms with Crippen molar-refractivity contribution in [3.63, 3.8) is 0 Å². The molecule has 3 aromatic rings. The second-order valence-corrected chi connectivity index (χ2v) is 8.74. The Bertz CT molecular complexity index is 1040. The van der Waals surface area contributed by atoms with Crippen molar-refractivity contribution in [3.05, 3.63) is 102 Å². The van der Waals surface area contributed by atoms with Crippen LogP contribution >= 0.6 is 0 Å². The zero-order valence-electron chi connectivity index (χ0n) is 20.3. The summed E-state index contributed by atoms with van der Waals surface area (Å²) in [6, 6.07) is 23.7. The first-order valence-electron chi connectivity index (χ1n) is 12.2. The second kappa shape index (κ2) is 12.8. The Hall–Kier alpha value is -3.48. The number of amides is 1. The lowest BCUT2D eigenvalue weighted by molar-refractivity contribution is -0.116. The molecule has 1 aromatic heterocycles. The number of aromatic nitrogens is 1. The van der Waals surface area contributed by atoms with E-state index in [0.29, 0.717) is 12.3 Å². The van der Waals surface area contributed by atoms with E-state index in [1.54, 1.807) is 31.7 Å². The highest BCUT2D eigenvalue weighted by molar-refractivity contribution is 5.91. The van der Waals surface area contributed by atoms with Gasteiger partial charge in [0.25, 0.3) is 0 Å². The quantitative estimate of drug-likeness (QED) is 0.358. The van der Waals surface area contributed by atoms with Crippen molar-refractivity contribution in [1.29, 1.82) is 0 Å². The Morgan fingerprint density at radius 1 is 1.00 bits per heavy atom. The zero-order valence-corrected chi connectivity index (χ0v) is 20.3. The number of carbonyl (C=O) groups is 1. The van der Waals surface area contributed by atoms with Crippen molar-refractivity contribution < 1.29 is 9.53 Å². The van der Waals surface area contributed by atoms with Gasteiger partial charge in [-0.25, -0.2) is 0 Å². The summed E-state index contributed by atoms with van der Waals surface area (Å²) in [5.74, 6) is 0.581. The molecule has 1 N–H and O–H groups in total. The van der Waals surface area contributed by atoms with Crippen LogP contribution in [0.2, 0.25) is 0 Å². The van der Waals surface area contributed by atoms with Gasteiger partial charge in [-0.05, 0) is 41.8 Å². The molecule has 2 heterocycles. The lowest BCUT2D eigenvalue weighted by Gasteiger charge is -2.39. The standard InChI is InChI=1S/C29H34N4O2/c1-35-27-21-24(22-30-23-27)13-14-28(34)31-15-8-16-32-17-19-33(20-18-32)29(25-9-4-2-5-10-25)26-11-6-3-7-12-26/h2-7,9-14,21-23,29H,8,15-20H2,1H3,(H,31,34)/b14-13+. The maximum Gasteiger partial charge on any atom is 0.244 e. The van der Waals surface area contributed by atoms with Crippen molar-refractivity contribution in [2.75, 3.05) is 46.4 Å². The van der Waals surface area contributed by atoms with Crippen LogP contribution < -0.4 is 10.1 Å². The van der Waals surface area contributed by atoms with Gasteiger partial charge in [0.05, 0.1) is 19.3 Å². The van der Waals surface area contributed by atoms with E-state index in [4.69, 9.17) is 4.74 Å². The number of hydrogen-bond acceptors (Lipinski definition) is 5. The van der Waals surface area contributed by atoms with Crippen LogP contribution in [-0.2, 0) is 4.79 Å². The molecule has 1 fully saturated rings. The molecule has 0 bridgehead atoms. The van der Waals surface area contributed by atoms with Gasteiger partial charge in [0.2, 0.25) is 5.91 Å². The largest absolute Gasteiger partial charge is 0.495 e. The molecule has 1 aliphatic rings. The predicted octanol–water partition coefficient (Wildman–Crippen LogP) is 4.02. The van der Waals surface area contributed by atoms with Crippen molar-refractivity contribution in [1.82, 2.24) is 20.1 Å². The Labute approximate surface area is 208 Å². The van der Waals surface area contributed by atoms with E-state index in [0.717, 1.165) is 44.7 Å². The van der Waals surface area contributed by atoms with Crippen LogP contribution in [0.3, 0.4) is 0 Å². The molecule has 4 rings (SSSR count). The summed E-state index contributed by atoms with van der Waals surface area (Å²) < 4.78 is 5.16. The first kappa shape index (κ1) is 24.6. The number of nitrogens with one attached hydrogen (secondary N) is 1. The van der Waals surface area contributed by atoms with Crippen LogP contribution in [-0.4, -0.2) is 67.1 Å². The second-order valence-electron chi connectivity index (χ2n) is 8.74. The molecule has 0 radical (unpaired) electrons. The molecule has 0 unspecified atom stereocenters. The summed E-state index contributed by atoms with van der Waals surface area (Å²) in [6.45, 7) is 5.77. The lowest BCUT2D eigenvalue weighted by Crippen LogP contribution is -2.48. The summed E-state index contributed by atoms with van der Waals surface area (Å²) in [5, 5.41) is 2.98. The molecule has 1 amide bonds. The minimum absolute atomic E-state index is 0.0915. The SMILES string of the molecule is COc1cncc(/C=C/C(=O)NCCCN2CCN(C(c3ccccc3)c3ccccc3)CC2)c1. The molecule has 0 aliphatic carbocycles. The van der Waals surface area contributed by atoms with Crippen LogP contribution in [0, 0.1) is 0 Å². The molecule has 1 aliphatic heterocycles. The van der Waals surface area contributed by atoms with Crippen LogP contribution in [0.5, 0.6) is 5.75 Å². The normalized spacial score (nSPS) is 14.9. The summed E-state index contributed by atoms with van der Waals surface area (Å²) in [7, 11) is 1.60. The van der Waals surface area contributed by atoms with Gasteiger partial charge in [-0.2, -0.15) is 0 Å². The summed E-state index contributed by atoms with van der Waals surface area (Å²) in [6.07, 6.45) is 7.57. The smallest absolute Gasteiger partial charge is 0.244 e. The number of rotatable bonds is 10. The van der Waals surface area contributed by atoms with Crippen molar-refractivity contribution >= 4 is 12.0 Å². The molecule has 2 aromatic carbocycles. The highest BCUT2D eigenvalue weighted by Gasteiger charge is 2.26. The van der Waals surface area contributed by atoms with Gasteiger partial charge in [-0.3, -0.25) is 14.7 Å². The van der Waals surface area contributed by atoms with Gasteiger partial charge in [0.1, 0.15) is 5.75 Å². The van der Waals surface area contributed by atoms with Crippen LogP contribution in [0.4, 0.5) is 0 Å². The molecule has 0 atom stereocenters. The number of nitrogens with zero attached hydrogens (tertiary/aromatic N) is 3. The number of benzene rings is 2. The molecule has 6 nitrogen and oxygen atoms in total. The number of hydrogen-bond donors (Lipinski definition) is 1. The fraction of sp³-hybridized carbons (Fsp3) is 0.310. The Morgan fingerprint density at radius 3 is 2.29 bits per heavy atom. The number of methoxy groups -OCH3 is 1. The average Bonchev–Trinajstić information content (AvgIpc) is 2.92. The van der Waals surface area contributed by atoms with Gasteiger partial charge in [-0.15, -0.1) is 0 Å². The third-order valence-corrected chi connectivity index (χ3v) is 6.35. The monoisotopic (exact) mass is 470 g/mol. The summed E-state index contributed by atoms with van der Waals surface area (Å²) in [4.78, 5) is 21.3.